The number of methoxy groups -OCH3 is 3. The van der Waals surface area contributed by atoms with Crippen molar-refractivity contribution in [3.8, 4) is 22.8 Å². The number of hydrogen-bond donors (Lipinski definition) is 0. The van der Waals surface area contributed by atoms with Crippen LogP contribution in [0.2, 0.25) is 0 Å². The maximum atomic E-state index is 5.63. The predicted molar refractivity (Wildman–Crippen MR) is 120 cm³/mol. The lowest BCUT2D eigenvalue weighted by Gasteiger charge is -2.32. The van der Waals surface area contributed by atoms with Gasteiger partial charge in [0.2, 0.25) is 0 Å². The lowest BCUT2D eigenvalue weighted by atomic mass is 10.00. The maximum Gasteiger partial charge on any atom is 0.161 e. The summed E-state index contributed by atoms with van der Waals surface area (Å²) in [6.07, 6.45) is 2.59. The van der Waals surface area contributed by atoms with Crippen LogP contribution in [0.4, 0.5) is 0 Å². The highest BCUT2D eigenvalue weighted by Crippen LogP contribution is 2.34. The molecule has 0 saturated carbocycles. The van der Waals surface area contributed by atoms with Gasteiger partial charge in [0.25, 0.3) is 0 Å². The van der Waals surface area contributed by atoms with Crippen molar-refractivity contribution < 1.29 is 14.2 Å². The lowest BCUT2D eigenvalue weighted by molar-refractivity contribution is 0.0286. The third-order valence-electron chi connectivity index (χ3n) is 5.90. The van der Waals surface area contributed by atoms with Crippen LogP contribution in [0, 0.1) is 6.92 Å². The number of ether oxygens (including phenoxy) is 3. The molecule has 2 heterocycles. The average Bonchev–Trinajstić information content (AvgIpc) is 2.78. The van der Waals surface area contributed by atoms with E-state index >= 15 is 0 Å². The zero-order valence-electron chi connectivity index (χ0n) is 18.3. The van der Waals surface area contributed by atoms with Gasteiger partial charge in [0.15, 0.2) is 11.5 Å². The topological polar surface area (TPSA) is 43.8 Å². The molecule has 5 nitrogen and oxygen atoms in total. The largest absolute Gasteiger partial charge is 0.493 e. The summed E-state index contributed by atoms with van der Waals surface area (Å²) in [5, 5.41) is 1.17. The van der Waals surface area contributed by atoms with Gasteiger partial charge in [-0.15, -0.1) is 0 Å². The van der Waals surface area contributed by atoms with Crippen molar-refractivity contribution in [3.63, 3.8) is 0 Å². The Hall–Kier alpha value is -2.63. The number of pyridine rings is 1. The van der Waals surface area contributed by atoms with Gasteiger partial charge in [-0.1, -0.05) is 12.1 Å². The molecule has 0 N–H and O–H groups in total. The summed E-state index contributed by atoms with van der Waals surface area (Å²) in [6, 6.07) is 14.8. The fraction of sp³-hybridized carbons (Fsp3) is 0.400. The molecule has 0 aliphatic carbocycles. The SMILES string of the molecule is COc1ccc(-c2nc3cc(C)ccc3cc2CN2CCC[C@H](OC)C2)cc1OC. The van der Waals surface area contributed by atoms with Crippen molar-refractivity contribution in [2.45, 2.75) is 32.4 Å². The van der Waals surface area contributed by atoms with Crippen LogP contribution in [0.25, 0.3) is 22.2 Å². The minimum atomic E-state index is 0.305. The number of nitrogens with zero attached hydrogens (tertiary/aromatic N) is 2. The Kier molecular flexibility index (Phi) is 6.21. The second-order valence-corrected chi connectivity index (χ2v) is 8.00. The van der Waals surface area contributed by atoms with E-state index in [0.717, 1.165) is 55.0 Å². The van der Waals surface area contributed by atoms with Gasteiger partial charge < -0.3 is 14.2 Å². The lowest BCUT2D eigenvalue weighted by Crippen LogP contribution is -2.38. The molecule has 4 rings (SSSR count). The van der Waals surface area contributed by atoms with Gasteiger partial charge in [0.1, 0.15) is 0 Å². The Morgan fingerprint density at radius 3 is 2.60 bits per heavy atom. The summed E-state index contributed by atoms with van der Waals surface area (Å²) in [4.78, 5) is 7.56. The van der Waals surface area contributed by atoms with Crippen LogP contribution in [0.3, 0.4) is 0 Å². The molecule has 1 aliphatic rings. The van der Waals surface area contributed by atoms with Crippen molar-refractivity contribution >= 4 is 10.9 Å². The fourth-order valence-corrected chi connectivity index (χ4v) is 4.26. The van der Waals surface area contributed by atoms with E-state index in [0.29, 0.717) is 11.9 Å². The molecule has 1 saturated heterocycles. The summed E-state index contributed by atoms with van der Waals surface area (Å²) >= 11 is 0. The van der Waals surface area contributed by atoms with Crippen molar-refractivity contribution in [3.05, 3.63) is 53.6 Å². The Labute approximate surface area is 178 Å². The highest BCUT2D eigenvalue weighted by Gasteiger charge is 2.21. The Bertz CT molecular complexity index is 1030. The fourth-order valence-electron chi connectivity index (χ4n) is 4.26. The third-order valence-corrected chi connectivity index (χ3v) is 5.90. The predicted octanol–water partition coefficient (Wildman–Crippen LogP) is 4.84. The zero-order chi connectivity index (χ0) is 21.1. The number of rotatable bonds is 6. The minimum Gasteiger partial charge on any atom is -0.493 e. The molecule has 1 aromatic heterocycles. The number of likely N-dealkylation sites (tertiary alicyclic amines) is 1. The van der Waals surface area contributed by atoms with Crippen LogP contribution >= 0.6 is 0 Å². The van der Waals surface area contributed by atoms with Crippen LogP contribution in [0.5, 0.6) is 11.5 Å². The Morgan fingerprint density at radius 1 is 1.00 bits per heavy atom. The molecule has 0 unspecified atom stereocenters. The van der Waals surface area contributed by atoms with E-state index in [1.54, 1.807) is 14.2 Å². The van der Waals surface area contributed by atoms with Gasteiger partial charge in [-0.3, -0.25) is 4.90 Å². The number of piperidine rings is 1. The summed E-state index contributed by atoms with van der Waals surface area (Å²) in [6.45, 7) is 4.98. The molecule has 0 amide bonds. The van der Waals surface area contributed by atoms with E-state index in [2.05, 4.69) is 42.2 Å². The summed E-state index contributed by atoms with van der Waals surface area (Å²) < 4.78 is 16.6. The van der Waals surface area contributed by atoms with Gasteiger partial charge in [-0.2, -0.15) is 0 Å². The van der Waals surface area contributed by atoms with Crippen LogP contribution in [-0.2, 0) is 11.3 Å². The van der Waals surface area contributed by atoms with Crippen LogP contribution in [-0.4, -0.2) is 50.4 Å². The monoisotopic (exact) mass is 406 g/mol. The summed E-state index contributed by atoms with van der Waals surface area (Å²) in [5.74, 6) is 1.43. The van der Waals surface area contributed by atoms with Crippen LogP contribution < -0.4 is 9.47 Å². The van der Waals surface area contributed by atoms with Crippen molar-refractivity contribution in [1.82, 2.24) is 9.88 Å². The van der Waals surface area contributed by atoms with Gasteiger partial charge in [-0.25, -0.2) is 4.98 Å². The molecule has 5 heteroatoms. The molecule has 0 radical (unpaired) electrons. The molecule has 1 fully saturated rings. The first-order chi connectivity index (χ1) is 14.6. The Balaban J connectivity index is 1.79. The number of benzene rings is 2. The highest BCUT2D eigenvalue weighted by molar-refractivity contribution is 5.84. The quantitative estimate of drug-likeness (QED) is 0.586. The Morgan fingerprint density at radius 2 is 1.83 bits per heavy atom. The van der Waals surface area contributed by atoms with E-state index < -0.39 is 0 Å². The molecule has 0 bridgehead atoms. The molecule has 30 heavy (non-hydrogen) atoms. The zero-order valence-corrected chi connectivity index (χ0v) is 18.3. The normalized spacial score (nSPS) is 17.3. The van der Waals surface area contributed by atoms with E-state index in [4.69, 9.17) is 19.2 Å². The first kappa shape index (κ1) is 20.6. The molecule has 158 valence electrons. The van der Waals surface area contributed by atoms with Gasteiger partial charge >= 0.3 is 0 Å². The molecular weight excluding hydrogens is 376 g/mol. The van der Waals surface area contributed by atoms with Crippen molar-refractivity contribution in [2.24, 2.45) is 0 Å². The molecule has 1 aliphatic heterocycles. The van der Waals surface area contributed by atoms with Crippen LogP contribution in [0.15, 0.2) is 42.5 Å². The second kappa shape index (κ2) is 9.02. The first-order valence-corrected chi connectivity index (χ1v) is 10.5. The maximum absolute atomic E-state index is 5.63. The van der Waals surface area contributed by atoms with E-state index in [1.165, 1.54) is 16.5 Å². The average molecular weight is 407 g/mol. The highest BCUT2D eigenvalue weighted by atomic mass is 16.5. The first-order valence-electron chi connectivity index (χ1n) is 10.5. The van der Waals surface area contributed by atoms with Gasteiger partial charge in [-0.05, 0) is 67.8 Å². The molecular formula is C25H30N2O3. The smallest absolute Gasteiger partial charge is 0.161 e. The second-order valence-electron chi connectivity index (χ2n) is 8.00. The van der Waals surface area contributed by atoms with E-state index in [1.807, 2.05) is 19.2 Å². The number of aryl methyl sites for hydroxylation is 1. The standard InChI is InChI=1S/C25H30N2O3/c1-17-7-8-18-13-20(15-27-11-5-6-21(16-27)28-2)25(26-22(18)12-17)19-9-10-23(29-3)24(14-19)30-4/h7-10,12-14,21H,5-6,11,15-16H2,1-4H3/t21-/m0/s1. The number of hydrogen-bond acceptors (Lipinski definition) is 5. The molecule has 3 aromatic rings. The minimum absolute atomic E-state index is 0.305. The van der Waals surface area contributed by atoms with E-state index in [9.17, 15) is 0 Å². The molecule has 1 atom stereocenters. The number of aromatic nitrogens is 1. The van der Waals surface area contributed by atoms with E-state index in [-0.39, 0.29) is 0 Å². The molecule has 2 aromatic carbocycles. The van der Waals surface area contributed by atoms with Crippen molar-refractivity contribution in [1.29, 1.82) is 0 Å². The van der Waals surface area contributed by atoms with Crippen LogP contribution in [0.1, 0.15) is 24.0 Å². The summed E-state index contributed by atoms with van der Waals surface area (Å²) in [5.41, 5.74) is 5.47. The summed E-state index contributed by atoms with van der Waals surface area (Å²) in [7, 11) is 5.13. The van der Waals surface area contributed by atoms with Gasteiger partial charge in [0.05, 0.1) is 31.5 Å². The third kappa shape index (κ3) is 4.27. The molecule has 0 spiro atoms. The van der Waals surface area contributed by atoms with Gasteiger partial charge in [0, 0.05) is 31.1 Å². The van der Waals surface area contributed by atoms with Crippen molar-refractivity contribution in [2.75, 3.05) is 34.4 Å². The number of fused-ring (bicyclic) bond motifs is 1.